The second kappa shape index (κ2) is 9.11. The van der Waals surface area contributed by atoms with Crippen LogP contribution in [0, 0.1) is 0 Å². The minimum atomic E-state index is -0.388. The second-order valence-corrected chi connectivity index (χ2v) is 6.43. The van der Waals surface area contributed by atoms with Crippen LogP contribution in [-0.4, -0.2) is 59.7 Å². The fourth-order valence-electron chi connectivity index (χ4n) is 2.58. The molecular formula is C16H20Cl2N2O4. The van der Waals surface area contributed by atoms with Gasteiger partial charge in [-0.3, -0.25) is 9.59 Å². The van der Waals surface area contributed by atoms with E-state index >= 15 is 0 Å². The van der Waals surface area contributed by atoms with Gasteiger partial charge in [-0.25, -0.2) is 0 Å². The molecule has 3 rings (SSSR count). The summed E-state index contributed by atoms with van der Waals surface area (Å²) >= 11 is 11.1. The number of amides is 2. The first-order valence-electron chi connectivity index (χ1n) is 7.74. The molecule has 0 saturated carbocycles. The van der Waals surface area contributed by atoms with Crippen molar-refractivity contribution in [1.29, 1.82) is 0 Å². The van der Waals surface area contributed by atoms with Gasteiger partial charge < -0.3 is 19.6 Å². The molecule has 2 aliphatic heterocycles. The van der Waals surface area contributed by atoms with Crippen LogP contribution in [0.1, 0.15) is 19.3 Å². The number of ether oxygens (including phenoxy) is 1. The van der Waals surface area contributed by atoms with Crippen LogP contribution >= 0.6 is 23.2 Å². The first-order chi connectivity index (χ1) is 11.5. The van der Waals surface area contributed by atoms with E-state index in [9.17, 15) is 9.59 Å². The van der Waals surface area contributed by atoms with Gasteiger partial charge in [-0.15, -0.1) is 0 Å². The molecule has 24 heavy (non-hydrogen) atoms. The van der Waals surface area contributed by atoms with Gasteiger partial charge in [-0.1, -0.05) is 23.2 Å². The summed E-state index contributed by atoms with van der Waals surface area (Å²) in [7, 11) is 0. The number of hydrogen-bond acceptors (Lipinski definition) is 4. The minimum Gasteiger partial charge on any atom is -0.508 e. The van der Waals surface area contributed by atoms with Crippen molar-refractivity contribution in [3.63, 3.8) is 0 Å². The van der Waals surface area contributed by atoms with Crippen LogP contribution in [0.25, 0.3) is 0 Å². The van der Waals surface area contributed by atoms with Crippen molar-refractivity contribution >= 4 is 35.5 Å². The minimum absolute atomic E-state index is 0.0410. The van der Waals surface area contributed by atoms with E-state index < -0.39 is 0 Å². The molecule has 2 heterocycles. The molecular weight excluding hydrogens is 355 g/mol. The van der Waals surface area contributed by atoms with Gasteiger partial charge in [0.25, 0.3) is 0 Å². The van der Waals surface area contributed by atoms with Gasteiger partial charge in [0, 0.05) is 13.1 Å². The maximum atomic E-state index is 12.0. The van der Waals surface area contributed by atoms with E-state index in [2.05, 4.69) is 0 Å². The second-order valence-electron chi connectivity index (χ2n) is 5.62. The predicted molar refractivity (Wildman–Crippen MR) is 91.1 cm³/mol. The van der Waals surface area contributed by atoms with E-state index in [0.29, 0.717) is 23.1 Å². The van der Waals surface area contributed by atoms with Gasteiger partial charge in [0.15, 0.2) is 0 Å². The molecule has 0 aromatic heterocycles. The molecule has 1 atom stereocenters. The van der Waals surface area contributed by atoms with Crippen LogP contribution in [0.3, 0.4) is 0 Å². The standard InChI is InChI=1S/C10H16N2O3.C6H4Cl2O/c13-7-12-8-15-6-9(12)10(14)11-4-2-1-3-5-11;7-5-2-1-4(9)3-6(5)8/h7,9H,1-6,8H2;1-3,9H/t9-;/m0./s1. The Balaban J connectivity index is 0.000000198. The lowest BCUT2D eigenvalue weighted by Gasteiger charge is -2.30. The number of nitrogens with zero attached hydrogens (tertiary/aromatic N) is 2. The van der Waals surface area contributed by atoms with Crippen molar-refractivity contribution in [3.8, 4) is 5.75 Å². The summed E-state index contributed by atoms with van der Waals surface area (Å²) in [6, 6.07) is 4.03. The predicted octanol–water partition coefficient (Wildman–Crippen LogP) is 2.51. The van der Waals surface area contributed by atoms with Crippen molar-refractivity contribution in [2.45, 2.75) is 25.3 Å². The molecule has 132 valence electrons. The molecule has 0 unspecified atom stereocenters. The molecule has 0 aliphatic carbocycles. The zero-order valence-electron chi connectivity index (χ0n) is 13.2. The molecule has 0 radical (unpaired) electrons. The lowest BCUT2D eigenvalue weighted by Crippen LogP contribution is -2.48. The van der Waals surface area contributed by atoms with Crippen molar-refractivity contribution in [2.75, 3.05) is 26.4 Å². The van der Waals surface area contributed by atoms with Crippen molar-refractivity contribution in [1.82, 2.24) is 9.80 Å². The monoisotopic (exact) mass is 374 g/mol. The number of carbonyl (C=O) groups is 2. The van der Waals surface area contributed by atoms with Gasteiger partial charge in [-0.2, -0.15) is 0 Å². The highest BCUT2D eigenvalue weighted by molar-refractivity contribution is 6.42. The van der Waals surface area contributed by atoms with Crippen LogP contribution < -0.4 is 0 Å². The zero-order chi connectivity index (χ0) is 17.5. The first-order valence-corrected chi connectivity index (χ1v) is 8.50. The molecule has 1 aromatic rings. The van der Waals surface area contributed by atoms with Gasteiger partial charge in [-0.05, 0) is 37.5 Å². The van der Waals surface area contributed by atoms with Gasteiger partial charge in [0.2, 0.25) is 12.3 Å². The molecule has 2 aliphatic rings. The summed E-state index contributed by atoms with van der Waals surface area (Å²) in [5.74, 6) is 0.170. The van der Waals surface area contributed by atoms with Crippen LogP contribution in [0.2, 0.25) is 10.0 Å². The lowest BCUT2D eigenvalue weighted by molar-refractivity contribution is -0.139. The first kappa shape index (κ1) is 18.8. The van der Waals surface area contributed by atoms with Crippen molar-refractivity contribution in [3.05, 3.63) is 28.2 Å². The Labute approximate surface area is 150 Å². The quantitative estimate of drug-likeness (QED) is 0.807. The van der Waals surface area contributed by atoms with Crippen molar-refractivity contribution in [2.24, 2.45) is 0 Å². The molecule has 2 fully saturated rings. The SMILES string of the molecule is O=CN1COC[C@H]1C(=O)N1CCCCC1.Oc1ccc(Cl)c(Cl)c1. The maximum Gasteiger partial charge on any atom is 0.247 e. The molecule has 0 spiro atoms. The summed E-state index contributed by atoms with van der Waals surface area (Å²) in [5.41, 5.74) is 0. The number of likely N-dealkylation sites (tertiary alicyclic amines) is 1. The van der Waals surface area contributed by atoms with E-state index in [0.717, 1.165) is 25.9 Å². The highest BCUT2D eigenvalue weighted by atomic mass is 35.5. The fourth-order valence-corrected chi connectivity index (χ4v) is 2.87. The number of halogens is 2. The molecule has 6 nitrogen and oxygen atoms in total. The Hall–Kier alpha value is -1.50. The Morgan fingerprint density at radius 3 is 2.50 bits per heavy atom. The summed E-state index contributed by atoms with van der Waals surface area (Å²) in [5, 5.41) is 9.62. The molecule has 2 saturated heterocycles. The summed E-state index contributed by atoms with van der Waals surface area (Å²) < 4.78 is 5.12. The van der Waals surface area contributed by atoms with E-state index in [1.807, 2.05) is 4.90 Å². The average Bonchev–Trinajstić information content (AvgIpc) is 3.08. The van der Waals surface area contributed by atoms with Crippen LogP contribution in [0.15, 0.2) is 18.2 Å². The third kappa shape index (κ3) is 5.00. The number of hydrogen-bond donors (Lipinski definition) is 1. The molecule has 1 N–H and O–H groups in total. The Morgan fingerprint density at radius 2 is 1.92 bits per heavy atom. The fraction of sp³-hybridized carbons (Fsp3) is 0.500. The van der Waals surface area contributed by atoms with Crippen LogP contribution in [0.5, 0.6) is 5.75 Å². The third-order valence-electron chi connectivity index (χ3n) is 3.91. The molecule has 1 aromatic carbocycles. The van der Waals surface area contributed by atoms with E-state index in [1.165, 1.54) is 23.5 Å². The number of phenols is 1. The van der Waals surface area contributed by atoms with Gasteiger partial charge >= 0.3 is 0 Å². The van der Waals surface area contributed by atoms with Crippen molar-refractivity contribution < 1.29 is 19.4 Å². The number of carbonyl (C=O) groups excluding carboxylic acids is 2. The molecule has 2 amide bonds. The number of rotatable bonds is 2. The van der Waals surface area contributed by atoms with Crippen LogP contribution in [0.4, 0.5) is 0 Å². The summed E-state index contributed by atoms with van der Waals surface area (Å²) in [6.45, 7) is 2.23. The Kier molecular flexibility index (Phi) is 7.15. The Morgan fingerprint density at radius 1 is 1.21 bits per heavy atom. The average molecular weight is 375 g/mol. The van der Waals surface area contributed by atoms with E-state index in [-0.39, 0.29) is 24.4 Å². The number of benzene rings is 1. The number of phenolic OH excluding ortho intramolecular Hbond substituents is 1. The van der Waals surface area contributed by atoms with E-state index in [1.54, 1.807) is 6.07 Å². The maximum absolute atomic E-state index is 12.0. The molecule has 8 heteroatoms. The largest absolute Gasteiger partial charge is 0.508 e. The number of aromatic hydroxyl groups is 1. The smallest absolute Gasteiger partial charge is 0.247 e. The van der Waals surface area contributed by atoms with Crippen LogP contribution in [-0.2, 0) is 14.3 Å². The summed E-state index contributed by atoms with van der Waals surface area (Å²) in [4.78, 5) is 26.0. The van der Waals surface area contributed by atoms with Gasteiger partial charge in [0.1, 0.15) is 18.5 Å². The molecule has 0 bridgehead atoms. The Bertz CT molecular complexity index is 579. The summed E-state index contributed by atoms with van der Waals surface area (Å²) in [6.07, 6.45) is 4.03. The zero-order valence-corrected chi connectivity index (χ0v) is 14.7. The lowest BCUT2D eigenvalue weighted by atomic mass is 10.1. The highest BCUT2D eigenvalue weighted by Crippen LogP contribution is 2.25. The highest BCUT2D eigenvalue weighted by Gasteiger charge is 2.34. The topological polar surface area (TPSA) is 70.1 Å². The van der Waals surface area contributed by atoms with E-state index in [4.69, 9.17) is 33.0 Å². The third-order valence-corrected chi connectivity index (χ3v) is 4.65. The normalized spacial score (nSPS) is 20.3. The van der Waals surface area contributed by atoms with Gasteiger partial charge in [0.05, 0.1) is 16.7 Å². The number of piperidine rings is 1.